The van der Waals surface area contributed by atoms with Crippen molar-refractivity contribution in [2.45, 2.75) is 39.3 Å². The molecule has 2 fully saturated rings. The van der Waals surface area contributed by atoms with E-state index in [0.29, 0.717) is 24.9 Å². The average Bonchev–Trinajstić information content (AvgIpc) is 2.70. The standard InChI is InChI=1S/C18H24N4O3.C2H6/c1-21(16-4-5-17(24)20-18(16)25)11-14-10-15(3-2-13(14)12-23)22-8-6-19-7-9-22;1-2/h2-3,10,12,16,19H,4-9,11H2,1H3,(H,20,24,25);1-2H3. The van der Waals surface area contributed by atoms with Crippen molar-refractivity contribution in [3.05, 3.63) is 29.3 Å². The van der Waals surface area contributed by atoms with Gasteiger partial charge < -0.3 is 10.2 Å². The van der Waals surface area contributed by atoms with Crippen LogP contribution in [0.25, 0.3) is 0 Å². The largest absolute Gasteiger partial charge is 0.369 e. The number of carbonyl (C=O) groups excluding carboxylic acids is 3. The minimum atomic E-state index is -0.347. The van der Waals surface area contributed by atoms with E-state index in [9.17, 15) is 14.4 Å². The van der Waals surface area contributed by atoms with Crippen molar-refractivity contribution < 1.29 is 14.4 Å². The number of carbonyl (C=O) groups is 3. The number of likely N-dealkylation sites (N-methyl/N-ethyl adjacent to an activating group) is 1. The highest BCUT2D eigenvalue weighted by Gasteiger charge is 2.30. The molecule has 2 N–H and O–H groups in total. The number of imide groups is 1. The van der Waals surface area contributed by atoms with E-state index in [1.807, 2.05) is 44.0 Å². The fraction of sp³-hybridized carbons (Fsp3) is 0.550. The summed E-state index contributed by atoms with van der Waals surface area (Å²) >= 11 is 0. The first kappa shape index (κ1) is 21.1. The van der Waals surface area contributed by atoms with Gasteiger partial charge in [0.05, 0.1) is 6.04 Å². The number of aldehydes is 1. The second-order valence-corrected chi connectivity index (χ2v) is 6.62. The molecule has 0 aliphatic carbocycles. The van der Waals surface area contributed by atoms with Gasteiger partial charge in [0, 0.05) is 50.4 Å². The normalized spacial score (nSPS) is 20.0. The number of nitrogens with zero attached hydrogens (tertiary/aromatic N) is 2. The topological polar surface area (TPSA) is 81.8 Å². The predicted octanol–water partition coefficient (Wildman–Crippen LogP) is 1.17. The monoisotopic (exact) mass is 374 g/mol. The van der Waals surface area contributed by atoms with E-state index in [0.717, 1.165) is 43.7 Å². The molecule has 2 saturated heterocycles. The number of amides is 2. The van der Waals surface area contributed by atoms with Crippen molar-refractivity contribution in [2.75, 3.05) is 38.1 Å². The van der Waals surface area contributed by atoms with E-state index < -0.39 is 0 Å². The summed E-state index contributed by atoms with van der Waals surface area (Å²) in [5.41, 5.74) is 2.63. The molecule has 1 unspecified atom stereocenters. The molecule has 0 aromatic heterocycles. The van der Waals surface area contributed by atoms with Crippen LogP contribution in [0.15, 0.2) is 18.2 Å². The SMILES string of the molecule is CC.CN(Cc1cc(N2CCNCC2)ccc1C=O)C1CCC(=O)NC1=O. The summed E-state index contributed by atoms with van der Waals surface area (Å²) in [5.74, 6) is -0.478. The van der Waals surface area contributed by atoms with Crippen molar-refractivity contribution in [2.24, 2.45) is 0 Å². The second kappa shape index (κ2) is 10.2. The quantitative estimate of drug-likeness (QED) is 0.595. The summed E-state index contributed by atoms with van der Waals surface area (Å²) in [6.45, 7) is 8.24. The smallest absolute Gasteiger partial charge is 0.243 e. The fourth-order valence-corrected chi connectivity index (χ4v) is 3.45. The van der Waals surface area contributed by atoms with E-state index in [-0.39, 0.29) is 17.9 Å². The second-order valence-electron chi connectivity index (χ2n) is 6.62. The Hall–Kier alpha value is -2.25. The minimum absolute atomic E-state index is 0.219. The van der Waals surface area contributed by atoms with E-state index >= 15 is 0 Å². The summed E-state index contributed by atoms with van der Waals surface area (Å²) in [4.78, 5) is 39.0. The van der Waals surface area contributed by atoms with Crippen LogP contribution in [0.3, 0.4) is 0 Å². The average molecular weight is 374 g/mol. The molecular formula is C20H30N4O3. The number of rotatable bonds is 5. The van der Waals surface area contributed by atoms with Gasteiger partial charge in [0.1, 0.15) is 6.29 Å². The third-order valence-corrected chi connectivity index (χ3v) is 4.90. The molecule has 148 valence electrons. The molecule has 0 radical (unpaired) electrons. The first-order valence-corrected chi connectivity index (χ1v) is 9.66. The highest BCUT2D eigenvalue weighted by Crippen LogP contribution is 2.22. The van der Waals surface area contributed by atoms with Gasteiger partial charge in [-0.15, -0.1) is 0 Å². The molecule has 1 aromatic rings. The molecule has 7 nitrogen and oxygen atoms in total. The van der Waals surface area contributed by atoms with Crippen LogP contribution in [0, 0.1) is 0 Å². The van der Waals surface area contributed by atoms with Gasteiger partial charge in [0.15, 0.2) is 0 Å². The van der Waals surface area contributed by atoms with Crippen molar-refractivity contribution in [1.29, 1.82) is 0 Å². The first-order valence-electron chi connectivity index (χ1n) is 9.66. The number of piperazine rings is 1. The van der Waals surface area contributed by atoms with Crippen LogP contribution in [-0.4, -0.2) is 62.3 Å². The highest BCUT2D eigenvalue weighted by molar-refractivity contribution is 6.00. The van der Waals surface area contributed by atoms with E-state index in [4.69, 9.17) is 0 Å². The molecule has 3 rings (SSSR count). The van der Waals surface area contributed by atoms with Crippen LogP contribution in [0.5, 0.6) is 0 Å². The first-order chi connectivity index (χ1) is 13.1. The van der Waals surface area contributed by atoms with Crippen molar-refractivity contribution >= 4 is 23.8 Å². The Labute approximate surface area is 161 Å². The summed E-state index contributed by atoms with van der Waals surface area (Å²) < 4.78 is 0. The van der Waals surface area contributed by atoms with Crippen LogP contribution >= 0.6 is 0 Å². The van der Waals surface area contributed by atoms with Crippen LogP contribution < -0.4 is 15.5 Å². The molecule has 1 atom stereocenters. The van der Waals surface area contributed by atoms with Gasteiger partial charge in [-0.05, 0) is 37.2 Å². The maximum Gasteiger partial charge on any atom is 0.243 e. The number of nitrogens with one attached hydrogen (secondary N) is 2. The van der Waals surface area contributed by atoms with E-state index in [1.54, 1.807) is 0 Å². The molecule has 0 bridgehead atoms. The lowest BCUT2D eigenvalue weighted by atomic mass is 10.0. The lowest BCUT2D eigenvalue weighted by molar-refractivity contribution is -0.137. The maximum atomic E-state index is 12.0. The van der Waals surface area contributed by atoms with E-state index in [1.165, 1.54) is 0 Å². The van der Waals surface area contributed by atoms with Crippen LogP contribution in [0.1, 0.15) is 42.6 Å². The van der Waals surface area contributed by atoms with Crippen molar-refractivity contribution in [1.82, 2.24) is 15.5 Å². The Morgan fingerprint density at radius 2 is 1.93 bits per heavy atom. The van der Waals surface area contributed by atoms with Gasteiger partial charge in [0.25, 0.3) is 0 Å². The van der Waals surface area contributed by atoms with Crippen LogP contribution in [-0.2, 0) is 16.1 Å². The van der Waals surface area contributed by atoms with Gasteiger partial charge in [-0.2, -0.15) is 0 Å². The molecular weight excluding hydrogens is 344 g/mol. The summed E-state index contributed by atoms with van der Waals surface area (Å²) in [6, 6.07) is 5.51. The maximum absolute atomic E-state index is 12.0. The lowest BCUT2D eigenvalue weighted by Crippen LogP contribution is -2.51. The molecule has 2 heterocycles. The molecule has 1 aromatic carbocycles. The molecule has 2 aliphatic rings. The lowest BCUT2D eigenvalue weighted by Gasteiger charge is -2.32. The number of benzene rings is 1. The number of anilines is 1. The summed E-state index contributed by atoms with van der Waals surface area (Å²) in [6.07, 6.45) is 1.71. The third-order valence-electron chi connectivity index (χ3n) is 4.90. The Morgan fingerprint density at radius 3 is 2.56 bits per heavy atom. The zero-order chi connectivity index (χ0) is 19.8. The van der Waals surface area contributed by atoms with Gasteiger partial charge in [0.2, 0.25) is 11.8 Å². The fourth-order valence-electron chi connectivity index (χ4n) is 3.45. The molecule has 2 aliphatic heterocycles. The Balaban J connectivity index is 0.00000126. The zero-order valence-corrected chi connectivity index (χ0v) is 16.5. The number of piperidine rings is 1. The van der Waals surface area contributed by atoms with Crippen LogP contribution in [0.4, 0.5) is 5.69 Å². The number of hydrogen-bond donors (Lipinski definition) is 2. The van der Waals surface area contributed by atoms with Gasteiger partial charge in [-0.1, -0.05) is 13.8 Å². The Kier molecular flexibility index (Phi) is 7.94. The predicted molar refractivity (Wildman–Crippen MR) is 106 cm³/mol. The van der Waals surface area contributed by atoms with Crippen LogP contribution in [0.2, 0.25) is 0 Å². The minimum Gasteiger partial charge on any atom is -0.369 e. The van der Waals surface area contributed by atoms with Crippen molar-refractivity contribution in [3.63, 3.8) is 0 Å². The van der Waals surface area contributed by atoms with E-state index in [2.05, 4.69) is 15.5 Å². The summed E-state index contributed by atoms with van der Waals surface area (Å²) in [5, 5.41) is 5.71. The summed E-state index contributed by atoms with van der Waals surface area (Å²) in [7, 11) is 1.85. The molecule has 0 spiro atoms. The van der Waals surface area contributed by atoms with Gasteiger partial charge >= 0.3 is 0 Å². The van der Waals surface area contributed by atoms with Crippen molar-refractivity contribution in [3.8, 4) is 0 Å². The molecule has 27 heavy (non-hydrogen) atoms. The number of hydrogen-bond acceptors (Lipinski definition) is 6. The molecule has 7 heteroatoms. The zero-order valence-electron chi connectivity index (χ0n) is 16.5. The molecule has 2 amide bonds. The molecule has 0 saturated carbocycles. The van der Waals surface area contributed by atoms with Gasteiger partial charge in [-0.3, -0.25) is 24.6 Å². The van der Waals surface area contributed by atoms with Gasteiger partial charge in [-0.25, -0.2) is 0 Å². The highest BCUT2D eigenvalue weighted by atomic mass is 16.2. The Bertz CT molecular complexity index is 671. The third kappa shape index (κ3) is 5.37. The Morgan fingerprint density at radius 1 is 1.22 bits per heavy atom.